The summed E-state index contributed by atoms with van der Waals surface area (Å²) in [4.78, 5) is 18.2. The number of amides is 1. The molecular formula is C21H18F3N3O2. The van der Waals surface area contributed by atoms with Crippen molar-refractivity contribution in [2.24, 2.45) is 0 Å². The molecule has 1 aliphatic heterocycles. The van der Waals surface area contributed by atoms with Gasteiger partial charge in [0.2, 0.25) is 17.6 Å². The molecule has 1 fully saturated rings. The van der Waals surface area contributed by atoms with Gasteiger partial charge in [-0.2, -0.15) is 18.2 Å². The summed E-state index contributed by atoms with van der Waals surface area (Å²) in [5.41, 5.74) is 2.47. The molecule has 0 saturated carbocycles. The predicted molar refractivity (Wildman–Crippen MR) is 100 cm³/mol. The maximum atomic E-state index is 13.0. The molecule has 0 bridgehead atoms. The summed E-state index contributed by atoms with van der Waals surface area (Å²) in [5.74, 6) is 0.0826. The molecule has 1 aromatic heterocycles. The van der Waals surface area contributed by atoms with E-state index >= 15 is 0 Å². The van der Waals surface area contributed by atoms with Crippen molar-refractivity contribution in [3.63, 3.8) is 0 Å². The number of hydrogen-bond acceptors (Lipinski definition) is 4. The quantitative estimate of drug-likeness (QED) is 0.627. The minimum atomic E-state index is -4.47. The molecule has 1 amide bonds. The largest absolute Gasteiger partial charge is 0.416 e. The Hall–Kier alpha value is -3.16. The Morgan fingerprint density at radius 2 is 1.90 bits per heavy atom. The van der Waals surface area contributed by atoms with Gasteiger partial charge in [0.1, 0.15) is 0 Å². The average Bonchev–Trinajstić information content (AvgIpc) is 3.30. The van der Waals surface area contributed by atoms with Crippen LogP contribution in [-0.4, -0.2) is 22.6 Å². The second kappa shape index (κ2) is 7.02. The Morgan fingerprint density at radius 3 is 2.62 bits per heavy atom. The van der Waals surface area contributed by atoms with Crippen LogP contribution in [0.2, 0.25) is 0 Å². The van der Waals surface area contributed by atoms with Gasteiger partial charge >= 0.3 is 6.18 Å². The molecule has 5 nitrogen and oxygen atoms in total. The molecule has 29 heavy (non-hydrogen) atoms. The van der Waals surface area contributed by atoms with Crippen molar-refractivity contribution < 1.29 is 22.5 Å². The van der Waals surface area contributed by atoms with Crippen LogP contribution < -0.4 is 4.90 Å². The van der Waals surface area contributed by atoms with E-state index in [2.05, 4.69) is 10.1 Å². The highest BCUT2D eigenvalue weighted by Crippen LogP contribution is 2.35. The van der Waals surface area contributed by atoms with Gasteiger partial charge in [0.15, 0.2) is 0 Å². The van der Waals surface area contributed by atoms with Gasteiger partial charge in [0.25, 0.3) is 0 Å². The predicted octanol–water partition coefficient (Wildman–Crippen LogP) is 4.89. The summed E-state index contributed by atoms with van der Waals surface area (Å²) in [6.45, 7) is 4.18. The molecular weight excluding hydrogens is 383 g/mol. The van der Waals surface area contributed by atoms with Crippen LogP contribution in [0.5, 0.6) is 0 Å². The van der Waals surface area contributed by atoms with Crippen LogP contribution in [-0.2, 0) is 11.0 Å². The van der Waals surface area contributed by atoms with Crippen molar-refractivity contribution in [2.45, 2.75) is 32.4 Å². The first-order valence-electron chi connectivity index (χ1n) is 9.11. The fraction of sp³-hybridized carbons (Fsp3) is 0.286. The van der Waals surface area contributed by atoms with Crippen molar-refractivity contribution in [3.05, 3.63) is 65.0 Å². The lowest BCUT2D eigenvalue weighted by Crippen LogP contribution is -2.24. The monoisotopic (exact) mass is 401 g/mol. The Kier molecular flexibility index (Phi) is 4.64. The number of nitrogens with zero attached hydrogens (tertiary/aromatic N) is 3. The van der Waals surface area contributed by atoms with E-state index < -0.39 is 11.7 Å². The Morgan fingerprint density at radius 1 is 1.10 bits per heavy atom. The van der Waals surface area contributed by atoms with Crippen molar-refractivity contribution in [2.75, 3.05) is 11.4 Å². The molecule has 3 aromatic rings. The van der Waals surface area contributed by atoms with Gasteiger partial charge in [-0.05, 0) is 49.2 Å². The lowest BCUT2D eigenvalue weighted by molar-refractivity contribution is -0.137. The number of alkyl halides is 3. The van der Waals surface area contributed by atoms with E-state index in [9.17, 15) is 18.0 Å². The minimum absolute atomic E-state index is 0.102. The molecule has 150 valence electrons. The minimum Gasteiger partial charge on any atom is -0.339 e. The molecule has 0 radical (unpaired) electrons. The summed E-state index contributed by atoms with van der Waals surface area (Å²) >= 11 is 0. The molecule has 1 saturated heterocycles. The molecule has 1 aliphatic rings. The molecule has 2 aromatic carbocycles. The highest BCUT2D eigenvalue weighted by Gasteiger charge is 2.37. The third kappa shape index (κ3) is 3.74. The number of aryl methyl sites for hydroxylation is 2. The van der Waals surface area contributed by atoms with Crippen LogP contribution >= 0.6 is 0 Å². The Balaban J connectivity index is 1.56. The highest BCUT2D eigenvalue weighted by molar-refractivity contribution is 5.96. The number of carbonyl (C=O) groups excluding carboxylic acids is 1. The molecule has 1 unspecified atom stereocenters. The standard InChI is InChI=1S/C21H18F3N3O2/c1-12-6-7-14(8-13(12)2)19-25-20(29-26-19)15-9-18(28)27(11-15)17-5-3-4-16(10-17)21(22,23)24/h3-8,10,15H,9,11H2,1-2H3. The van der Waals surface area contributed by atoms with E-state index in [1.54, 1.807) is 0 Å². The molecule has 1 atom stereocenters. The normalized spacial score (nSPS) is 17.2. The average molecular weight is 401 g/mol. The summed E-state index contributed by atoms with van der Waals surface area (Å²) in [5, 5.41) is 4.01. The molecule has 8 heteroatoms. The van der Waals surface area contributed by atoms with Gasteiger partial charge in [-0.1, -0.05) is 23.4 Å². The molecule has 0 aliphatic carbocycles. The van der Waals surface area contributed by atoms with Crippen molar-refractivity contribution in [1.29, 1.82) is 0 Å². The smallest absolute Gasteiger partial charge is 0.339 e. The summed E-state index contributed by atoms with van der Waals surface area (Å²) in [6.07, 6.45) is -4.36. The molecule has 4 rings (SSSR count). The van der Waals surface area contributed by atoms with E-state index in [1.165, 1.54) is 17.0 Å². The fourth-order valence-electron chi connectivity index (χ4n) is 3.37. The van der Waals surface area contributed by atoms with Gasteiger partial charge in [0.05, 0.1) is 11.5 Å². The lowest BCUT2D eigenvalue weighted by Gasteiger charge is -2.17. The summed E-state index contributed by atoms with van der Waals surface area (Å²) < 4.78 is 44.3. The van der Waals surface area contributed by atoms with Crippen LogP contribution in [0.1, 0.15) is 34.9 Å². The third-order valence-electron chi connectivity index (χ3n) is 5.17. The first-order valence-corrected chi connectivity index (χ1v) is 9.11. The van der Waals surface area contributed by atoms with Gasteiger partial charge in [-0.25, -0.2) is 0 Å². The number of halogens is 3. The first-order chi connectivity index (χ1) is 13.7. The van der Waals surface area contributed by atoms with Crippen molar-refractivity contribution >= 4 is 11.6 Å². The number of hydrogen-bond donors (Lipinski definition) is 0. The van der Waals surface area contributed by atoms with E-state index in [1.807, 2.05) is 32.0 Å². The zero-order chi connectivity index (χ0) is 20.8. The van der Waals surface area contributed by atoms with Crippen LogP contribution in [0, 0.1) is 13.8 Å². The van der Waals surface area contributed by atoms with Crippen molar-refractivity contribution in [3.8, 4) is 11.4 Å². The van der Waals surface area contributed by atoms with Crippen LogP contribution in [0.3, 0.4) is 0 Å². The second-order valence-corrected chi connectivity index (χ2v) is 7.21. The van der Waals surface area contributed by atoms with Gasteiger partial charge in [0, 0.05) is 24.2 Å². The topological polar surface area (TPSA) is 59.2 Å². The van der Waals surface area contributed by atoms with E-state index in [4.69, 9.17) is 4.52 Å². The zero-order valence-electron chi connectivity index (χ0n) is 15.8. The zero-order valence-corrected chi connectivity index (χ0v) is 15.8. The van der Waals surface area contributed by atoms with E-state index in [0.717, 1.165) is 28.8 Å². The maximum Gasteiger partial charge on any atom is 0.416 e. The second-order valence-electron chi connectivity index (χ2n) is 7.21. The number of benzene rings is 2. The van der Waals surface area contributed by atoms with Gasteiger partial charge < -0.3 is 9.42 Å². The Bertz CT molecular complexity index is 1080. The third-order valence-corrected chi connectivity index (χ3v) is 5.17. The van der Waals surface area contributed by atoms with Gasteiger partial charge in [-0.15, -0.1) is 0 Å². The van der Waals surface area contributed by atoms with Crippen LogP contribution in [0.15, 0.2) is 47.0 Å². The number of rotatable bonds is 3. The molecule has 2 heterocycles. The number of aromatic nitrogens is 2. The first kappa shape index (κ1) is 19.2. The maximum absolute atomic E-state index is 13.0. The number of anilines is 1. The van der Waals surface area contributed by atoms with Crippen molar-refractivity contribution in [1.82, 2.24) is 10.1 Å². The van der Waals surface area contributed by atoms with Gasteiger partial charge in [-0.3, -0.25) is 4.79 Å². The fourth-order valence-corrected chi connectivity index (χ4v) is 3.37. The van der Waals surface area contributed by atoms with Crippen LogP contribution in [0.25, 0.3) is 11.4 Å². The Labute approximate surface area is 165 Å². The summed E-state index contributed by atoms with van der Waals surface area (Å²) in [6, 6.07) is 10.6. The SMILES string of the molecule is Cc1ccc(-c2noc(C3CC(=O)N(c4cccc(C(F)(F)F)c4)C3)n2)cc1C. The van der Waals surface area contributed by atoms with E-state index in [-0.39, 0.29) is 30.5 Å². The molecule has 0 spiro atoms. The summed E-state index contributed by atoms with van der Waals surface area (Å²) in [7, 11) is 0. The number of carbonyl (C=O) groups is 1. The molecule has 0 N–H and O–H groups in total. The highest BCUT2D eigenvalue weighted by atomic mass is 19.4. The lowest BCUT2D eigenvalue weighted by atomic mass is 10.1. The van der Waals surface area contributed by atoms with Crippen LogP contribution in [0.4, 0.5) is 18.9 Å². The van der Waals surface area contributed by atoms with E-state index in [0.29, 0.717) is 11.7 Å².